The van der Waals surface area contributed by atoms with Gasteiger partial charge in [0.15, 0.2) is 10.4 Å². The maximum Gasteiger partial charge on any atom is 0.209 e. The smallest absolute Gasteiger partial charge is 0.209 e. The van der Waals surface area contributed by atoms with Crippen molar-refractivity contribution in [3.63, 3.8) is 0 Å². The third kappa shape index (κ3) is 1.95. The van der Waals surface area contributed by atoms with Crippen LogP contribution in [0.3, 0.4) is 0 Å². The molecule has 0 saturated carbocycles. The maximum absolute atomic E-state index is 11.0. The van der Waals surface area contributed by atoms with Gasteiger partial charge in [-0.15, -0.1) is 6.42 Å². The molecule has 2 nitrogen and oxygen atoms in total. The van der Waals surface area contributed by atoms with E-state index < -0.39 is 0 Å². The van der Waals surface area contributed by atoms with E-state index in [4.69, 9.17) is 10.8 Å². The summed E-state index contributed by atoms with van der Waals surface area (Å²) in [6.45, 7) is 0. The van der Waals surface area contributed by atoms with Crippen LogP contribution in [0.25, 0.3) is 0 Å². The van der Waals surface area contributed by atoms with Crippen molar-refractivity contribution in [3.05, 3.63) is 22.6 Å². The first-order valence-electron chi connectivity index (χ1n) is 2.96. The first-order valence-corrected chi connectivity index (χ1v) is 3.75. The Hall–Kier alpha value is -1.01. The number of terminal acetylenes is 1. The molecule has 11 heavy (non-hydrogen) atoms. The van der Waals surface area contributed by atoms with Gasteiger partial charge < -0.3 is 4.42 Å². The zero-order valence-electron chi connectivity index (χ0n) is 5.63. The molecule has 0 spiro atoms. The van der Waals surface area contributed by atoms with Crippen LogP contribution in [0.2, 0.25) is 0 Å². The molecule has 0 saturated heterocycles. The minimum atomic E-state index is -0.168. The SMILES string of the molecule is C#CCC(=O)c1ccc(Br)o1. The Morgan fingerprint density at radius 3 is 2.91 bits per heavy atom. The second-order valence-corrected chi connectivity index (χ2v) is 2.69. The summed E-state index contributed by atoms with van der Waals surface area (Å²) in [6, 6.07) is 3.24. The van der Waals surface area contributed by atoms with E-state index in [1.807, 2.05) is 0 Å². The van der Waals surface area contributed by atoms with E-state index >= 15 is 0 Å². The summed E-state index contributed by atoms with van der Waals surface area (Å²) in [5, 5.41) is 0. The average molecular weight is 213 g/mol. The van der Waals surface area contributed by atoms with Gasteiger partial charge in [-0.1, -0.05) is 5.92 Å². The molecular weight excluding hydrogens is 208 g/mol. The lowest BCUT2D eigenvalue weighted by molar-refractivity contribution is 0.0970. The van der Waals surface area contributed by atoms with Crippen molar-refractivity contribution in [2.24, 2.45) is 0 Å². The molecule has 1 heterocycles. The normalized spacial score (nSPS) is 9.09. The first kappa shape index (κ1) is 8.09. The number of hydrogen-bond acceptors (Lipinski definition) is 2. The van der Waals surface area contributed by atoms with Gasteiger partial charge in [0.1, 0.15) is 0 Å². The lowest BCUT2D eigenvalue weighted by Crippen LogP contribution is -1.93. The minimum Gasteiger partial charge on any atom is -0.446 e. The predicted molar refractivity (Wildman–Crippen MR) is 44.2 cm³/mol. The zero-order valence-corrected chi connectivity index (χ0v) is 7.22. The van der Waals surface area contributed by atoms with Gasteiger partial charge in [0, 0.05) is 0 Å². The number of carbonyl (C=O) groups excluding carboxylic acids is 1. The molecule has 1 aromatic heterocycles. The summed E-state index contributed by atoms with van der Waals surface area (Å²) in [6.07, 6.45) is 5.03. The van der Waals surface area contributed by atoms with Gasteiger partial charge in [0.05, 0.1) is 6.42 Å². The van der Waals surface area contributed by atoms with Gasteiger partial charge in [-0.25, -0.2) is 0 Å². The van der Waals surface area contributed by atoms with Gasteiger partial charge in [0.2, 0.25) is 5.78 Å². The van der Waals surface area contributed by atoms with Crippen LogP contribution < -0.4 is 0 Å². The summed E-state index contributed by atoms with van der Waals surface area (Å²) in [7, 11) is 0. The van der Waals surface area contributed by atoms with Crippen LogP contribution in [0, 0.1) is 12.3 Å². The molecular formula is C8H5BrO2. The Kier molecular flexibility index (Phi) is 2.50. The molecule has 0 radical (unpaired) electrons. The van der Waals surface area contributed by atoms with E-state index in [-0.39, 0.29) is 12.2 Å². The average Bonchev–Trinajstić information content (AvgIpc) is 2.36. The van der Waals surface area contributed by atoms with Crippen LogP contribution in [-0.4, -0.2) is 5.78 Å². The number of hydrogen-bond donors (Lipinski definition) is 0. The van der Waals surface area contributed by atoms with E-state index in [0.29, 0.717) is 10.4 Å². The van der Waals surface area contributed by atoms with Crippen LogP contribution in [-0.2, 0) is 0 Å². The molecule has 0 aliphatic carbocycles. The lowest BCUT2D eigenvalue weighted by Gasteiger charge is -1.87. The second-order valence-electron chi connectivity index (χ2n) is 1.91. The Morgan fingerprint density at radius 2 is 2.45 bits per heavy atom. The van der Waals surface area contributed by atoms with E-state index in [1.165, 1.54) is 0 Å². The highest BCUT2D eigenvalue weighted by Crippen LogP contribution is 2.14. The predicted octanol–water partition coefficient (Wildman–Crippen LogP) is 2.25. The largest absolute Gasteiger partial charge is 0.446 e. The van der Waals surface area contributed by atoms with Gasteiger partial charge >= 0.3 is 0 Å². The second kappa shape index (κ2) is 3.40. The summed E-state index contributed by atoms with van der Waals surface area (Å²) in [5.74, 6) is 2.38. The number of furan rings is 1. The molecule has 56 valence electrons. The zero-order chi connectivity index (χ0) is 8.27. The lowest BCUT2D eigenvalue weighted by atomic mass is 10.2. The molecule has 3 heteroatoms. The van der Waals surface area contributed by atoms with Gasteiger partial charge in [-0.2, -0.15) is 0 Å². The molecule has 0 bridgehead atoms. The van der Waals surface area contributed by atoms with Crippen LogP contribution in [0.5, 0.6) is 0 Å². The van der Waals surface area contributed by atoms with E-state index in [1.54, 1.807) is 12.1 Å². The standard InChI is InChI=1S/C8H5BrO2/c1-2-3-6(10)7-4-5-8(9)11-7/h1,4-5H,3H2. The molecule has 0 aromatic carbocycles. The molecule has 0 N–H and O–H groups in total. The molecule has 0 aliphatic rings. The van der Waals surface area contributed by atoms with Crippen molar-refractivity contribution in [1.29, 1.82) is 0 Å². The summed E-state index contributed by atoms with van der Waals surface area (Å²) >= 11 is 3.08. The topological polar surface area (TPSA) is 30.2 Å². The van der Waals surface area contributed by atoms with Crippen molar-refractivity contribution in [1.82, 2.24) is 0 Å². The van der Waals surface area contributed by atoms with E-state index in [9.17, 15) is 4.79 Å². The third-order valence-corrected chi connectivity index (χ3v) is 1.54. The Labute approximate surface area is 72.7 Å². The van der Waals surface area contributed by atoms with Crippen LogP contribution >= 0.6 is 15.9 Å². The van der Waals surface area contributed by atoms with Crippen LogP contribution in [0.15, 0.2) is 21.2 Å². The fourth-order valence-corrected chi connectivity index (χ4v) is 0.951. The van der Waals surface area contributed by atoms with E-state index in [2.05, 4.69) is 21.9 Å². The molecule has 0 aliphatic heterocycles. The highest BCUT2D eigenvalue weighted by atomic mass is 79.9. The van der Waals surface area contributed by atoms with Gasteiger partial charge in [-0.3, -0.25) is 4.79 Å². The summed E-state index contributed by atoms with van der Waals surface area (Å²) in [4.78, 5) is 11.0. The molecule has 0 unspecified atom stereocenters. The number of ketones is 1. The molecule has 0 amide bonds. The highest BCUT2D eigenvalue weighted by molar-refractivity contribution is 9.10. The Morgan fingerprint density at radius 1 is 1.73 bits per heavy atom. The molecule has 0 atom stereocenters. The minimum absolute atomic E-state index is 0.0833. The summed E-state index contributed by atoms with van der Waals surface area (Å²) < 4.78 is 5.51. The third-order valence-electron chi connectivity index (χ3n) is 1.11. The van der Waals surface area contributed by atoms with Crippen molar-refractivity contribution >= 4 is 21.7 Å². The van der Waals surface area contributed by atoms with E-state index in [0.717, 1.165) is 0 Å². The quantitative estimate of drug-likeness (QED) is 0.557. The first-order chi connectivity index (χ1) is 5.24. The molecule has 1 aromatic rings. The Bertz CT molecular complexity index is 306. The Balaban J connectivity index is 2.78. The van der Waals surface area contributed by atoms with Gasteiger partial charge in [0.25, 0.3) is 0 Å². The van der Waals surface area contributed by atoms with Crippen LogP contribution in [0.1, 0.15) is 17.0 Å². The van der Waals surface area contributed by atoms with Crippen molar-refractivity contribution in [3.8, 4) is 12.3 Å². The fourth-order valence-electron chi connectivity index (χ4n) is 0.644. The number of carbonyl (C=O) groups is 1. The fraction of sp³-hybridized carbons (Fsp3) is 0.125. The maximum atomic E-state index is 11.0. The molecule has 0 fully saturated rings. The molecule has 1 rings (SSSR count). The van der Waals surface area contributed by atoms with Gasteiger partial charge in [-0.05, 0) is 28.1 Å². The van der Waals surface area contributed by atoms with Crippen LogP contribution in [0.4, 0.5) is 0 Å². The van der Waals surface area contributed by atoms with Crippen molar-refractivity contribution in [2.45, 2.75) is 6.42 Å². The van der Waals surface area contributed by atoms with Crippen molar-refractivity contribution < 1.29 is 9.21 Å². The monoisotopic (exact) mass is 212 g/mol. The van der Waals surface area contributed by atoms with Crippen molar-refractivity contribution in [2.75, 3.05) is 0 Å². The number of rotatable bonds is 2. The summed E-state index contributed by atoms with van der Waals surface area (Å²) in [5.41, 5.74) is 0. The number of Topliss-reactive ketones (excluding diaryl/α,β-unsaturated/α-hetero) is 1. The number of halogens is 1. The highest BCUT2D eigenvalue weighted by Gasteiger charge is 2.07.